The fraction of sp³-hybridized carbons (Fsp3) is 0.133. The van der Waals surface area contributed by atoms with Crippen molar-refractivity contribution in [2.45, 2.75) is 5.25 Å². The van der Waals surface area contributed by atoms with Crippen molar-refractivity contribution < 1.29 is 8.42 Å². The maximum absolute atomic E-state index is 12.1. The highest BCUT2D eigenvalue weighted by atomic mass is 32.2. The molecule has 2 aromatic rings. The molecule has 0 N–H and O–H groups in total. The molecule has 0 aliphatic carbocycles. The highest BCUT2D eigenvalue weighted by molar-refractivity contribution is 7.91. The number of benzene rings is 1. The number of nitrogens with zero attached hydrogens (tertiary/aromatic N) is 1. The standard InChI is InChI=1S/C15H15NO2S/c1-3-9-19(17,18)15(4-2)13-6-5-12-7-8-16-11-14(12)10-13/h3-8,10-11,15H,1-2,9H2. The van der Waals surface area contributed by atoms with Crippen LogP contribution in [0.4, 0.5) is 0 Å². The van der Waals surface area contributed by atoms with E-state index in [0.717, 1.165) is 10.8 Å². The van der Waals surface area contributed by atoms with Gasteiger partial charge in [-0.25, -0.2) is 8.42 Å². The Morgan fingerprint density at radius 2 is 2.00 bits per heavy atom. The van der Waals surface area contributed by atoms with Crippen LogP contribution >= 0.6 is 0 Å². The minimum Gasteiger partial charge on any atom is -0.264 e. The molecule has 1 aromatic heterocycles. The molecule has 1 unspecified atom stereocenters. The Balaban J connectivity index is 2.52. The van der Waals surface area contributed by atoms with Gasteiger partial charge in [0, 0.05) is 17.8 Å². The van der Waals surface area contributed by atoms with Crippen LogP contribution in [0, 0.1) is 0 Å². The molecule has 0 radical (unpaired) electrons. The second kappa shape index (κ2) is 5.36. The zero-order chi connectivity index (χ0) is 13.9. The summed E-state index contributed by atoms with van der Waals surface area (Å²) >= 11 is 0. The highest BCUT2D eigenvalue weighted by Gasteiger charge is 2.23. The molecule has 0 amide bonds. The van der Waals surface area contributed by atoms with Crippen LogP contribution < -0.4 is 0 Å². The minimum atomic E-state index is -3.30. The fourth-order valence-corrected chi connectivity index (χ4v) is 3.43. The Bertz CT molecular complexity index is 720. The predicted octanol–water partition coefficient (Wildman–Crippen LogP) is 3.06. The van der Waals surface area contributed by atoms with E-state index in [1.165, 1.54) is 12.2 Å². The average Bonchev–Trinajstić information content (AvgIpc) is 2.39. The van der Waals surface area contributed by atoms with Crippen molar-refractivity contribution in [1.29, 1.82) is 0 Å². The third-order valence-corrected chi connectivity index (χ3v) is 4.88. The van der Waals surface area contributed by atoms with Gasteiger partial charge in [0.05, 0.1) is 5.75 Å². The van der Waals surface area contributed by atoms with Gasteiger partial charge in [0.25, 0.3) is 0 Å². The molecule has 2 rings (SSSR count). The highest BCUT2D eigenvalue weighted by Crippen LogP contribution is 2.27. The maximum atomic E-state index is 12.1. The number of aromatic nitrogens is 1. The molecule has 98 valence electrons. The third-order valence-electron chi connectivity index (χ3n) is 2.94. The van der Waals surface area contributed by atoms with Gasteiger partial charge in [-0.1, -0.05) is 24.3 Å². The van der Waals surface area contributed by atoms with Gasteiger partial charge in [0.2, 0.25) is 0 Å². The second-order valence-corrected chi connectivity index (χ2v) is 6.42. The number of pyridine rings is 1. The van der Waals surface area contributed by atoms with Crippen molar-refractivity contribution in [3.63, 3.8) is 0 Å². The molecule has 0 saturated heterocycles. The minimum absolute atomic E-state index is 0.0608. The normalized spacial score (nSPS) is 13.1. The van der Waals surface area contributed by atoms with Gasteiger partial charge < -0.3 is 0 Å². The Hall–Kier alpha value is -1.94. The number of hydrogen-bond donors (Lipinski definition) is 0. The molecule has 3 nitrogen and oxygen atoms in total. The topological polar surface area (TPSA) is 47.0 Å². The molecular formula is C15H15NO2S. The number of hydrogen-bond acceptors (Lipinski definition) is 3. The first-order valence-electron chi connectivity index (χ1n) is 5.87. The summed E-state index contributed by atoms with van der Waals surface area (Å²) in [5.74, 6) is -0.0608. The van der Waals surface area contributed by atoms with Crippen molar-refractivity contribution in [3.05, 3.63) is 67.5 Å². The predicted molar refractivity (Wildman–Crippen MR) is 78.7 cm³/mol. The third kappa shape index (κ3) is 2.74. The molecule has 0 fully saturated rings. The van der Waals surface area contributed by atoms with Crippen molar-refractivity contribution in [1.82, 2.24) is 4.98 Å². The van der Waals surface area contributed by atoms with Crippen molar-refractivity contribution in [2.75, 3.05) is 5.75 Å². The van der Waals surface area contributed by atoms with E-state index in [1.54, 1.807) is 12.4 Å². The Labute approximate surface area is 113 Å². The monoisotopic (exact) mass is 273 g/mol. The van der Waals surface area contributed by atoms with Crippen LogP contribution in [0.1, 0.15) is 10.8 Å². The van der Waals surface area contributed by atoms with Crippen molar-refractivity contribution in [2.24, 2.45) is 0 Å². The maximum Gasteiger partial charge on any atom is 0.164 e. The van der Waals surface area contributed by atoms with Gasteiger partial charge in [0.15, 0.2) is 9.84 Å². The summed E-state index contributed by atoms with van der Waals surface area (Å²) in [6.07, 6.45) is 6.28. The SMILES string of the molecule is C=CCS(=O)(=O)C(C=C)c1ccc2ccncc2c1. The van der Waals surface area contributed by atoms with E-state index in [2.05, 4.69) is 18.1 Å². The number of sulfone groups is 1. The van der Waals surface area contributed by atoms with Crippen LogP contribution in [0.15, 0.2) is 62.0 Å². The largest absolute Gasteiger partial charge is 0.264 e. The first kappa shape index (κ1) is 13.5. The first-order chi connectivity index (χ1) is 9.08. The van der Waals surface area contributed by atoms with Gasteiger partial charge in [-0.3, -0.25) is 4.98 Å². The van der Waals surface area contributed by atoms with E-state index in [9.17, 15) is 8.42 Å². The van der Waals surface area contributed by atoms with Gasteiger partial charge in [-0.05, 0) is 23.1 Å². The van der Waals surface area contributed by atoms with Gasteiger partial charge in [0.1, 0.15) is 5.25 Å². The Morgan fingerprint density at radius 3 is 2.68 bits per heavy atom. The molecule has 4 heteroatoms. The van der Waals surface area contributed by atoms with Gasteiger partial charge in [-0.15, -0.1) is 13.2 Å². The van der Waals surface area contributed by atoms with E-state index in [0.29, 0.717) is 5.56 Å². The molecule has 0 aliphatic rings. The molecule has 0 bridgehead atoms. The zero-order valence-electron chi connectivity index (χ0n) is 10.5. The molecule has 0 saturated carbocycles. The average molecular weight is 273 g/mol. The molecule has 1 heterocycles. The molecule has 19 heavy (non-hydrogen) atoms. The van der Waals surface area contributed by atoms with E-state index in [-0.39, 0.29) is 5.75 Å². The lowest BCUT2D eigenvalue weighted by atomic mass is 10.1. The van der Waals surface area contributed by atoms with Gasteiger partial charge >= 0.3 is 0 Å². The van der Waals surface area contributed by atoms with E-state index in [1.807, 2.05) is 24.3 Å². The lowest BCUT2D eigenvalue weighted by Crippen LogP contribution is -2.13. The van der Waals surface area contributed by atoms with E-state index < -0.39 is 15.1 Å². The summed E-state index contributed by atoms with van der Waals surface area (Å²) in [6.45, 7) is 7.12. The van der Waals surface area contributed by atoms with Crippen molar-refractivity contribution >= 4 is 20.6 Å². The molecule has 1 atom stereocenters. The fourth-order valence-electron chi connectivity index (χ4n) is 2.04. The van der Waals surface area contributed by atoms with Gasteiger partial charge in [-0.2, -0.15) is 0 Å². The summed E-state index contributed by atoms with van der Waals surface area (Å²) in [5, 5.41) is 1.23. The van der Waals surface area contributed by atoms with E-state index in [4.69, 9.17) is 0 Å². The van der Waals surface area contributed by atoms with Crippen LogP contribution in [0.5, 0.6) is 0 Å². The van der Waals surface area contributed by atoms with Crippen LogP contribution in [0.2, 0.25) is 0 Å². The Kier molecular flexibility index (Phi) is 3.81. The molecule has 1 aromatic carbocycles. The lowest BCUT2D eigenvalue weighted by Gasteiger charge is -2.13. The molecular weight excluding hydrogens is 258 g/mol. The van der Waals surface area contributed by atoms with E-state index >= 15 is 0 Å². The molecule has 0 aliphatic heterocycles. The second-order valence-electron chi connectivity index (χ2n) is 4.26. The molecule has 0 spiro atoms. The number of fused-ring (bicyclic) bond motifs is 1. The van der Waals surface area contributed by atoms with Crippen LogP contribution in [-0.2, 0) is 9.84 Å². The first-order valence-corrected chi connectivity index (χ1v) is 7.59. The summed E-state index contributed by atoms with van der Waals surface area (Å²) in [6, 6.07) is 7.44. The summed E-state index contributed by atoms with van der Waals surface area (Å²) < 4.78 is 24.3. The summed E-state index contributed by atoms with van der Waals surface area (Å²) in [4.78, 5) is 4.05. The number of rotatable bonds is 5. The Morgan fingerprint density at radius 1 is 1.21 bits per heavy atom. The van der Waals surface area contributed by atoms with Crippen molar-refractivity contribution in [3.8, 4) is 0 Å². The van der Waals surface area contributed by atoms with Crippen LogP contribution in [0.25, 0.3) is 10.8 Å². The lowest BCUT2D eigenvalue weighted by molar-refractivity contribution is 0.593. The summed E-state index contributed by atoms with van der Waals surface area (Å²) in [5.41, 5.74) is 0.706. The quantitative estimate of drug-likeness (QED) is 0.787. The summed E-state index contributed by atoms with van der Waals surface area (Å²) in [7, 11) is -3.30. The van der Waals surface area contributed by atoms with Crippen LogP contribution in [0.3, 0.4) is 0 Å². The zero-order valence-corrected chi connectivity index (χ0v) is 11.3. The van der Waals surface area contributed by atoms with Crippen LogP contribution in [-0.4, -0.2) is 19.2 Å². The smallest absolute Gasteiger partial charge is 0.164 e.